The number of nitrogens with zero attached hydrogens (tertiary/aromatic N) is 1. The van der Waals surface area contributed by atoms with Crippen LogP contribution in [0.4, 0.5) is 11.4 Å². The van der Waals surface area contributed by atoms with E-state index in [4.69, 9.17) is 11.6 Å². The fourth-order valence-electron chi connectivity index (χ4n) is 3.19. The van der Waals surface area contributed by atoms with Crippen LogP contribution in [0.15, 0.2) is 36.4 Å². The van der Waals surface area contributed by atoms with E-state index in [2.05, 4.69) is 10.6 Å². The van der Waals surface area contributed by atoms with E-state index in [1.165, 1.54) is 0 Å². The number of hydrogen-bond donors (Lipinski definition) is 2. The molecule has 0 saturated carbocycles. The van der Waals surface area contributed by atoms with Crippen molar-refractivity contribution in [3.05, 3.63) is 58.1 Å². The lowest BCUT2D eigenvalue weighted by molar-refractivity contribution is -0.114. The second kappa shape index (κ2) is 8.44. The number of carbonyl (C=O) groups is 2. The number of benzene rings is 2. The first kappa shape index (κ1) is 19.2. The zero-order valence-corrected chi connectivity index (χ0v) is 16.4. The monoisotopic (exact) mass is 385 g/mol. The highest BCUT2D eigenvalue weighted by Crippen LogP contribution is 2.23. The molecule has 2 aromatic rings. The number of carbonyl (C=O) groups excluding carboxylic acids is 2. The van der Waals surface area contributed by atoms with Crippen LogP contribution in [0.2, 0.25) is 5.02 Å². The van der Waals surface area contributed by atoms with E-state index in [-0.39, 0.29) is 18.4 Å². The van der Waals surface area contributed by atoms with Crippen LogP contribution in [0, 0.1) is 13.8 Å². The summed E-state index contributed by atoms with van der Waals surface area (Å²) in [5.74, 6) is -0.105. The number of aryl methyl sites for hydroxylation is 2. The van der Waals surface area contributed by atoms with E-state index < -0.39 is 0 Å². The molecule has 27 heavy (non-hydrogen) atoms. The molecule has 1 fully saturated rings. The Bertz CT molecular complexity index is 861. The number of nitrogens with one attached hydrogen (secondary N) is 2. The van der Waals surface area contributed by atoms with Crippen molar-refractivity contribution in [2.45, 2.75) is 26.7 Å². The summed E-state index contributed by atoms with van der Waals surface area (Å²) in [6.45, 7) is 5.65. The van der Waals surface area contributed by atoms with E-state index >= 15 is 0 Å². The molecule has 1 aliphatic heterocycles. The van der Waals surface area contributed by atoms with Crippen molar-refractivity contribution in [1.82, 2.24) is 4.90 Å². The van der Waals surface area contributed by atoms with Crippen molar-refractivity contribution in [1.29, 1.82) is 0 Å². The maximum absolute atomic E-state index is 12.5. The number of anilines is 2. The van der Waals surface area contributed by atoms with Crippen molar-refractivity contribution >= 4 is 34.8 Å². The number of hydrogen-bond acceptors (Lipinski definition) is 3. The summed E-state index contributed by atoms with van der Waals surface area (Å²) in [5.41, 5.74) is 4.09. The van der Waals surface area contributed by atoms with Gasteiger partial charge in [-0.1, -0.05) is 17.7 Å². The molecule has 1 saturated heterocycles. The quantitative estimate of drug-likeness (QED) is 0.809. The third-order valence-corrected chi connectivity index (χ3v) is 5.02. The maximum atomic E-state index is 12.5. The van der Waals surface area contributed by atoms with Gasteiger partial charge in [0.25, 0.3) is 5.91 Å². The summed E-state index contributed by atoms with van der Waals surface area (Å²) in [6.07, 6.45) is 2.15. The third-order valence-electron chi connectivity index (χ3n) is 4.70. The molecule has 2 aromatic carbocycles. The lowest BCUT2D eigenvalue weighted by atomic mass is 10.1. The molecular formula is C21H24ClN3O2. The highest BCUT2D eigenvalue weighted by atomic mass is 35.5. The predicted molar refractivity (Wildman–Crippen MR) is 110 cm³/mol. The number of likely N-dealkylation sites (tertiary alicyclic amines) is 1. The van der Waals surface area contributed by atoms with Crippen molar-refractivity contribution in [2.75, 3.05) is 30.3 Å². The molecule has 0 unspecified atom stereocenters. The van der Waals surface area contributed by atoms with Gasteiger partial charge < -0.3 is 15.5 Å². The van der Waals surface area contributed by atoms with Gasteiger partial charge in [-0.15, -0.1) is 0 Å². The molecule has 0 aromatic heterocycles. The standard InChI is InChI=1S/C21H24ClN3O2/c1-14-5-7-19(17(22)11-14)24-20(26)13-23-18-8-6-16(12-15(18)2)21(27)25-9-3-4-10-25/h5-8,11-12,23H,3-4,9-10,13H2,1-2H3,(H,24,26). The van der Waals surface area contributed by atoms with Crippen LogP contribution in [-0.4, -0.2) is 36.3 Å². The minimum absolute atomic E-state index is 0.0777. The maximum Gasteiger partial charge on any atom is 0.253 e. The second-order valence-electron chi connectivity index (χ2n) is 6.91. The molecule has 1 aliphatic rings. The van der Waals surface area contributed by atoms with Crippen LogP contribution in [-0.2, 0) is 4.79 Å². The first-order chi connectivity index (χ1) is 12.9. The Labute approximate surface area is 164 Å². The Hall–Kier alpha value is -2.53. The molecule has 2 N–H and O–H groups in total. The summed E-state index contributed by atoms with van der Waals surface area (Å²) in [4.78, 5) is 26.5. The van der Waals surface area contributed by atoms with Crippen LogP contribution in [0.1, 0.15) is 34.3 Å². The molecule has 0 bridgehead atoms. The molecule has 0 atom stereocenters. The van der Waals surface area contributed by atoms with Gasteiger partial charge in [0.2, 0.25) is 5.91 Å². The fourth-order valence-corrected chi connectivity index (χ4v) is 3.47. The molecular weight excluding hydrogens is 362 g/mol. The van der Waals surface area contributed by atoms with Crippen LogP contribution >= 0.6 is 11.6 Å². The van der Waals surface area contributed by atoms with Gasteiger partial charge in [0.15, 0.2) is 0 Å². The average Bonchev–Trinajstić information content (AvgIpc) is 3.17. The van der Waals surface area contributed by atoms with Crippen molar-refractivity contribution < 1.29 is 9.59 Å². The minimum atomic E-state index is -0.183. The lowest BCUT2D eigenvalue weighted by Crippen LogP contribution is -2.27. The van der Waals surface area contributed by atoms with Gasteiger partial charge in [0.05, 0.1) is 17.3 Å². The molecule has 2 amide bonds. The van der Waals surface area contributed by atoms with Gasteiger partial charge in [-0.05, 0) is 68.1 Å². The van der Waals surface area contributed by atoms with Gasteiger partial charge in [0.1, 0.15) is 0 Å². The van der Waals surface area contributed by atoms with Crippen LogP contribution < -0.4 is 10.6 Å². The van der Waals surface area contributed by atoms with Crippen LogP contribution in [0.25, 0.3) is 0 Å². The Morgan fingerprint density at radius 1 is 1.04 bits per heavy atom. The number of halogens is 1. The zero-order chi connectivity index (χ0) is 19.4. The molecule has 3 rings (SSSR count). The molecule has 0 aliphatic carbocycles. The predicted octanol–water partition coefficient (Wildman–Crippen LogP) is 4.24. The van der Waals surface area contributed by atoms with Gasteiger partial charge in [-0.2, -0.15) is 0 Å². The first-order valence-electron chi connectivity index (χ1n) is 9.14. The highest BCUT2D eigenvalue weighted by Gasteiger charge is 2.19. The van der Waals surface area contributed by atoms with E-state index in [0.29, 0.717) is 16.3 Å². The summed E-state index contributed by atoms with van der Waals surface area (Å²) in [5, 5.41) is 6.44. The Morgan fingerprint density at radius 2 is 1.74 bits per heavy atom. The van der Waals surface area contributed by atoms with Gasteiger partial charge in [-0.25, -0.2) is 0 Å². The van der Waals surface area contributed by atoms with Gasteiger partial charge in [-0.3, -0.25) is 9.59 Å². The minimum Gasteiger partial charge on any atom is -0.376 e. The molecule has 142 valence electrons. The van der Waals surface area contributed by atoms with Gasteiger partial charge in [0, 0.05) is 24.3 Å². The Morgan fingerprint density at radius 3 is 2.41 bits per heavy atom. The molecule has 0 radical (unpaired) electrons. The molecule has 5 nitrogen and oxygen atoms in total. The van der Waals surface area contributed by atoms with Crippen molar-refractivity contribution in [3.8, 4) is 0 Å². The molecule has 6 heteroatoms. The van der Waals surface area contributed by atoms with E-state index in [1.807, 2.05) is 49.1 Å². The average molecular weight is 386 g/mol. The van der Waals surface area contributed by atoms with E-state index in [0.717, 1.165) is 42.7 Å². The summed E-state index contributed by atoms with van der Waals surface area (Å²) < 4.78 is 0. The molecule has 1 heterocycles. The van der Waals surface area contributed by atoms with Crippen LogP contribution in [0.3, 0.4) is 0 Å². The number of amides is 2. The smallest absolute Gasteiger partial charge is 0.253 e. The molecule has 0 spiro atoms. The Kier molecular flexibility index (Phi) is 6.01. The lowest BCUT2D eigenvalue weighted by Gasteiger charge is -2.17. The highest BCUT2D eigenvalue weighted by molar-refractivity contribution is 6.33. The van der Waals surface area contributed by atoms with E-state index in [9.17, 15) is 9.59 Å². The SMILES string of the molecule is Cc1ccc(NC(=O)CNc2ccc(C(=O)N3CCCC3)cc2C)c(Cl)c1. The van der Waals surface area contributed by atoms with Gasteiger partial charge >= 0.3 is 0 Å². The second-order valence-corrected chi connectivity index (χ2v) is 7.32. The number of rotatable bonds is 5. The normalized spacial score (nSPS) is 13.5. The van der Waals surface area contributed by atoms with Crippen molar-refractivity contribution in [3.63, 3.8) is 0 Å². The largest absolute Gasteiger partial charge is 0.376 e. The summed E-state index contributed by atoms with van der Waals surface area (Å²) in [6, 6.07) is 11.0. The fraction of sp³-hybridized carbons (Fsp3) is 0.333. The summed E-state index contributed by atoms with van der Waals surface area (Å²) in [7, 11) is 0. The van der Waals surface area contributed by atoms with E-state index in [1.54, 1.807) is 6.07 Å². The Balaban J connectivity index is 1.59. The summed E-state index contributed by atoms with van der Waals surface area (Å²) >= 11 is 6.15. The zero-order valence-electron chi connectivity index (χ0n) is 15.6. The topological polar surface area (TPSA) is 61.4 Å². The van der Waals surface area contributed by atoms with Crippen LogP contribution in [0.5, 0.6) is 0 Å². The first-order valence-corrected chi connectivity index (χ1v) is 9.51. The third kappa shape index (κ3) is 4.80. The van der Waals surface area contributed by atoms with Crippen molar-refractivity contribution in [2.24, 2.45) is 0 Å².